The highest BCUT2D eigenvalue weighted by atomic mass is 16.5. The zero-order valence-electron chi connectivity index (χ0n) is 11.5. The largest absolute Gasteiger partial charge is 0.481 e. The number of benzene rings is 1. The van der Waals surface area contributed by atoms with Crippen LogP contribution in [0.2, 0.25) is 0 Å². The molecule has 1 heterocycles. The smallest absolute Gasteiger partial charge is 0.319 e. The molecular weight excluding hydrogens is 276 g/mol. The molecule has 1 fully saturated rings. The van der Waals surface area contributed by atoms with E-state index in [1.807, 2.05) is 0 Å². The van der Waals surface area contributed by atoms with Gasteiger partial charge in [0.2, 0.25) is 0 Å². The number of rotatable bonds is 4. The van der Waals surface area contributed by atoms with E-state index in [0.29, 0.717) is 11.3 Å². The van der Waals surface area contributed by atoms with Crippen molar-refractivity contribution in [3.63, 3.8) is 0 Å². The van der Waals surface area contributed by atoms with Gasteiger partial charge in [0, 0.05) is 11.3 Å². The third kappa shape index (κ3) is 3.79. The summed E-state index contributed by atoms with van der Waals surface area (Å²) in [6, 6.07) is 5.41. The number of Topliss-reactive ketones (excluding diaryl/α,β-unsaturated/α-hetero) is 1. The fourth-order valence-corrected chi connectivity index (χ4v) is 2.09. The van der Waals surface area contributed by atoms with Gasteiger partial charge >= 0.3 is 12.0 Å². The summed E-state index contributed by atoms with van der Waals surface area (Å²) in [5.41, 5.74) is 0.950. The maximum absolute atomic E-state index is 11.9. The zero-order chi connectivity index (χ0) is 15.4. The van der Waals surface area contributed by atoms with Crippen LogP contribution < -0.4 is 10.6 Å². The number of nitrogens with one attached hydrogen (secondary N) is 2. The highest BCUT2D eigenvalue weighted by Gasteiger charge is 2.35. The summed E-state index contributed by atoms with van der Waals surface area (Å²) < 4.78 is 5.06. The summed E-state index contributed by atoms with van der Waals surface area (Å²) in [5.74, 6) is -1.86. The van der Waals surface area contributed by atoms with Gasteiger partial charge in [0.15, 0.2) is 5.78 Å². The summed E-state index contributed by atoms with van der Waals surface area (Å²) in [5, 5.41) is 14.1. The van der Waals surface area contributed by atoms with Gasteiger partial charge in [-0.2, -0.15) is 0 Å². The minimum atomic E-state index is -1.00. The van der Waals surface area contributed by atoms with Crippen LogP contribution in [-0.2, 0) is 9.53 Å². The first-order valence-electron chi connectivity index (χ1n) is 6.46. The Morgan fingerprint density at radius 2 is 2.05 bits per heavy atom. The summed E-state index contributed by atoms with van der Waals surface area (Å²) in [4.78, 5) is 34.1. The van der Waals surface area contributed by atoms with E-state index in [1.165, 1.54) is 6.92 Å². The Kier molecular flexibility index (Phi) is 4.54. The lowest BCUT2D eigenvalue weighted by Gasteiger charge is -2.16. The van der Waals surface area contributed by atoms with Crippen LogP contribution in [0.3, 0.4) is 0 Å². The highest BCUT2D eigenvalue weighted by Crippen LogP contribution is 2.15. The minimum Gasteiger partial charge on any atom is -0.481 e. The Balaban J connectivity index is 1.97. The van der Waals surface area contributed by atoms with Crippen molar-refractivity contribution in [1.29, 1.82) is 0 Å². The van der Waals surface area contributed by atoms with Crippen molar-refractivity contribution in [2.75, 3.05) is 18.5 Å². The van der Waals surface area contributed by atoms with Gasteiger partial charge in [-0.1, -0.05) is 12.1 Å². The lowest BCUT2D eigenvalue weighted by atomic mass is 10.0. The molecule has 7 heteroatoms. The average molecular weight is 292 g/mol. The van der Waals surface area contributed by atoms with Crippen molar-refractivity contribution in [1.82, 2.24) is 5.32 Å². The summed E-state index contributed by atoms with van der Waals surface area (Å²) in [6.45, 7) is 1.69. The average Bonchev–Trinajstić information content (AvgIpc) is 2.87. The van der Waals surface area contributed by atoms with Crippen LogP contribution in [0.4, 0.5) is 10.5 Å². The first-order valence-corrected chi connectivity index (χ1v) is 6.46. The number of aliphatic carboxylic acids is 1. The van der Waals surface area contributed by atoms with E-state index in [0.717, 1.165) is 0 Å². The molecule has 0 spiro atoms. The second-order valence-electron chi connectivity index (χ2n) is 4.82. The molecule has 21 heavy (non-hydrogen) atoms. The maximum Gasteiger partial charge on any atom is 0.319 e. The number of carboxylic acids is 1. The first kappa shape index (κ1) is 15.0. The van der Waals surface area contributed by atoms with E-state index < -0.39 is 24.0 Å². The molecule has 1 aliphatic rings. The summed E-state index contributed by atoms with van der Waals surface area (Å²) in [7, 11) is 0. The van der Waals surface area contributed by atoms with E-state index in [9.17, 15) is 14.4 Å². The first-order chi connectivity index (χ1) is 9.97. The van der Waals surface area contributed by atoms with Gasteiger partial charge in [0.25, 0.3) is 0 Å². The zero-order valence-corrected chi connectivity index (χ0v) is 11.5. The highest BCUT2D eigenvalue weighted by molar-refractivity contribution is 5.96. The molecule has 0 radical (unpaired) electrons. The van der Waals surface area contributed by atoms with E-state index in [1.54, 1.807) is 24.3 Å². The van der Waals surface area contributed by atoms with Gasteiger partial charge in [-0.15, -0.1) is 0 Å². The standard InChI is InChI=1S/C14H16N2O5/c1-8(17)9-3-2-4-10(5-9)15-14(20)16-12-7-21-6-11(12)13(18)19/h2-5,11-12H,6-7H2,1H3,(H,18,19)(H2,15,16,20). The number of urea groups is 1. The van der Waals surface area contributed by atoms with Crippen molar-refractivity contribution >= 4 is 23.5 Å². The molecule has 112 valence electrons. The van der Waals surface area contributed by atoms with Crippen LogP contribution in [0.25, 0.3) is 0 Å². The lowest BCUT2D eigenvalue weighted by Crippen LogP contribution is -2.44. The third-order valence-electron chi connectivity index (χ3n) is 3.24. The maximum atomic E-state index is 11.9. The molecular formula is C14H16N2O5. The Bertz CT molecular complexity index is 572. The molecule has 7 nitrogen and oxygen atoms in total. The van der Waals surface area contributed by atoms with Gasteiger partial charge in [0.1, 0.15) is 5.92 Å². The van der Waals surface area contributed by atoms with Gasteiger partial charge in [-0.3, -0.25) is 9.59 Å². The Morgan fingerprint density at radius 3 is 2.71 bits per heavy atom. The van der Waals surface area contributed by atoms with Gasteiger partial charge in [-0.05, 0) is 19.1 Å². The quantitative estimate of drug-likeness (QED) is 0.721. The van der Waals surface area contributed by atoms with Gasteiger partial charge < -0.3 is 20.5 Å². The molecule has 3 N–H and O–H groups in total. The molecule has 1 aromatic carbocycles. The van der Waals surface area contributed by atoms with Crippen molar-refractivity contribution in [2.24, 2.45) is 5.92 Å². The van der Waals surface area contributed by atoms with Crippen molar-refractivity contribution < 1.29 is 24.2 Å². The number of hydrogen-bond donors (Lipinski definition) is 3. The Labute approximate surface area is 121 Å². The topological polar surface area (TPSA) is 105 Å². The normalized spacial score (nSPS) is 20.8. The fourth-order valence-electron chi connectivity index (χ4n) is 2.09. The molecule has 0 bridgehead atoms. The predicted octanol–water partition coefficient (Wildman–Crippen LogP) is 1.11. The Hall–Kier alpha value is -2.41. The number of carbonyl (C=O) groups excluding carboxylic acids is 2. The van der Waals surface area contributed by atoms with Crippen LogP contribution in [0, 0.1) is 5.92 Å². The summed E-state index contributed by atoms with van der Waals surface area (Å²) in [6.07, 6.45) is 0. The van der Waals surface area contributed by atoms with Crippen molar-refractivity contribution in [3.8, 4) is 0 Å². The number of carbonyl (C=O) groups is 3. The molecule has 1 aromatic rings. The predicted molar refractivity (Wildman–Crippen MR) is 74.3 cm³/mol. The number of ketones is 1. The van der Waals surface area contributed by atoms with Gasteiger partial charge in [0.05, 0.1) is 19.3 Å². The van der Waals surface area contributed by atoms with E-state index in [4.69, 9.17) is 9.84 Å². The van der Waals surface area contributed by atoms with E-state index >= 15 is 0 Å². The van der Waals surface area contributed by atoms with Crippen molar-refractivity contribution in [3.05, 3.63) is 29.8 Å². The minimum absolute atomic E-state index is 0.0834. The Morgan fingerprint density at radius 1 is 1.29 bits per heavy atom. The van der Waals surface area contributed by atoms with Crippen molar-refractivity contribution in [2.45, 2.75) is 13.0 Å². The molecule has 0 aromatic heterocycles. The number of amides is 2. The monoisotopic (exact) mass is 292 g/mol. The molecule has 2 amide bonds. The van der Waals surface area contributed by atoms with Gasteiger partial charge in [-0.25, -0.2) is 4.79 Å². The number of hydrogen-bond acceptors (Lipinski definition) is 4. The lowest BCUT2D eigenvalue weighted by molar-refractivity contribution is -0.142. The van der Waals surface area contributed by atoms with Crippen LogP contribution in [0.1, 0.15) is 17.3 Å². The number of carboxylic acid groups (broad SMARTS) is 1. The van der Waals surface area contributed by atoms with E-state index in [-0.39, 0.29) is 19.0 Å². The molecule has 1 saturated heterocycles. The molecule has 0 aliphatic carbocycles. The molecule has 2 atom stereocenters. The number of anilines is 1. The summed E-state index contributed by atoms with van der Waals surface area (Å²) >= 11 is 0. The SMILES string of the molecule is CC(=O)c1cccc(NC(=O)NC2COCC2C(=O)O)c1. The second-order valence-corrected chi connectivity index (χ2v) is 4.82. The molecule has 2 rings (SSSR count). The number of ether oxygens (including phenoxy) is 1. The van der Waals surface area contributed by atoms with Crippen LogP contribution in [-0.4, -0.2) is 42.1 Å². The molecule has 2 unspecified atom stereocenters. The van der Waals surface area contributed by atoms with Crippen LogP contribution in [0.5, 0.6) is 0 Å². The third-order valence-corrected chi connectivity index (χ3v) is 3.24. The van der Waals surface area contributed by atoms with E-state index in [2.05, 4.69) is 10.6 Å². The van der Waals surface area contributed by atoms with Crippen LogP contribution >= 0.6 is 0 Å². The second kappa shape index (κ2) is 6.36. The molecule has 1 aliphatic heterocycles. The molecule has 0 saturated carbocycles. The van der Waals surface area contributed by atoms with Crippen LogP contribution in [0.15, 0.2) is 24.3 Å². The fraction of sp³-hybridized carbons (Fsp3) is 0.357.